The summed E-state index contributed by atoms with van der Waals surface area (Å²) in [5.74, 6) is -0.308. The second-order valence-electron chi connectivity index (χ2n) is 10.2. The smallest absolute Gasteiger partial charge is 0.266 e. The van der Waals surface area contributed by atoms with E-state index >= 15 is 0 Å². The molecule has 0 fully saturated rings. The number of sulfonamides is 1. The zero-order valence-corrected chi connectivity index (χ0v) is 21.9. The first-order chi connectivity index (χ1) is 16.9. The number of anilines is 3. The van der Waals surface area contributed by atoms with Gasteiger partial charge >= 0.3 is 0 Å². The van der Waals surface area contributed by atoms with E-state index in [9.17, 15) is 18.0 Å². The molecule has 188 valence electrons. The van der Waals surface area contributed by atoms with E-state index in [4.69, 9.17) is 0 Å². The number of hydrogen-bond donors (Lipinski definition) is 2. The van der Waals surface area contributed by atoms with Crippen molar-refractivity contribution in [1.29, 1.82) is 0 Å². The molecule has 7 nitrogen and oxygen atoms in total. The van der Waals surface area contributed by atoms with Crippen LogP contribution in [0.5, 0.6) is 0 Å². The first-order valence-electron chi connectivity index (χ1n) is 11.9. The molecule has 36 heavy (non-hydrogen) atoms. The fraction of sp³-hybridized carbons (Fsp3) is 0.286. The van der Waals surface area contributed by atoms with Gasteiger partial charge in [-0.05, 0) is 80.3 Å². The number of hydrogen-bond acceptors (Lipinski definition) is 5. The second-order valence-corrected chi connectivity index (χ2v) is 12.7. The number of rotatable bonds is 7. The summed E-state index contributed by atoms with van der Waals surface area (Å²) in [7, 11) is -3.49. The standard InChI is InChI=1S/C28H31N3O4S/c1-18(2)20-8-13-23(14-9-20)31-26(32)24-15-12-22(16-25(24)27(31)33)29-17-19-6-10-21(11-7-19)30-36(34,35)28(3,4)5/h6-16,18,29-30H,17H2,1-5H3. The van der Waals surface area contributed by atoms with Crippen molar-refractivity contribution in [3.63, 3.8) is 0 Å². The van der Waals surface area contributed by atoms with Crippen LogP contribution in [0.2, 0.25) is 0 Å². The lowest BCUT2D eigenvalue weighted by atomic mass is 10.0. The van der Waals surface area contributed by atoms with Gasteiger partial charge < -0.3 is 5.32 Å². The Morgan fingerprint density at radius 1 is 0.806 bits per heavy atom. The summed E-state index contributed by atoms with van der Waals surface area (Å²) in [6.45, 7) is 9.58. The van der Waals surface area contributed by atoms with Gasteiger partial charge in [0.2, 0.25) is 10.0 Å². The van der Waals surface area contributed by atoms with Gasteiger partial charge in [-0.3, -0.25) is 14.3 Å². The molecule has 0 saturated heterocycles. The quantitative estimate of drug-likeness (QED) is 0.398. The SMILES string of the molecule is CC(C)c1ccc(N2C(=O)c3ccc(NCc4ccc(NS(=O)(=O)C(C)(C)C)cc4)cc3C2=O)cc1. The molecule has 0 atom stereocenters. The highest BCUT2D eigenvalue weighted by atomic mass is 32.2. The zero-order valence-electron chi connectivity index (χ0n) is 21.1. The van der Waals surface area contributed by atoms with Gasteiger partial charge in [0.1, 0.15) is 0 Å². The maximum Gasteiger partial charge on any atom is 0.266 e. The van der Waals surface area contributed by atoms with Crippen LogP contribution in [0.1, 0.15) is 72.4 Å². The minimum atomic E-state index is -3.49. The summed E-state index contributed by atoms with van der Waals surface area (Å²) in [6, 6.07) is 19.7. The Labute approximate surface area is 212 Å². The highest BCUT2D eigenvalue weighted by Gasteiger charge is 2.36. The van der Waals surface area contributed by atoms with Crippen molar-refractivity contribution in [3.8, 4) is 0 Å². The van der Waals surface area contributed by atoms with Gasteiger partial charge in [-0.1, -0.05) is 38.1 Å². The summed E-state index contributed by atoms with van der Waals surface area (Å²) < 4.78 is 26.4. The van der Waals surface area contributed by atoms with Crippen molar-refractivity contribution in [2.24, 2.45) is 0 Å². The van der Waals surface area contributed by atoms with Gasteiger partial charge in [0.25, 0.3) is 11.8 Å². The maximum absolute atomic E-state index is 13.1. The van der Waals surface area contributed by atoms with E-state index < -0.39 is 14.8 Å². The van der Waals surface area contributed by atoms with Gasteiger partial charge in [-0.25, -0.2) is 13.3 Å². The van der Waals surface area contributed by atoms with Gasteiger partial charge in [0.15, 0.2) is 0 Å². The number of nitrogens with zero attached hydrogens (tertiary/aromatic N) is 1. The number of carbonyl (C=O) groups excluding carboxylic acids is 2. The summed E-state index contributed by atoms with van der Waals surface area (Å²) in [5.41, 5.74) is 4.59. The Morgan fingerprint density at radius 3 is 1.97 bits per heavy atom. The lowest BCUT2D eigenvalue weighted by Gasteiger charge is -2.20. The summed E-state index contributed by atoms with van der Waals surface area (Å²) in [4.78, 5) is 27.3. The fourth-order valence-electron chi connectivity index (χ4n) is 3.80. The molecule has 0 aliphatic carbocycles. The summed E-state index contributed by atoms with van der Waals surface area (Å²) in [5, 5.41) is 3.27. The van der Waals surface area contributed by atoms with Crippen LogP contribution in [0, 0.1) is 0 Å². The molecule has 1 aliphatic rings. The molecular formula is C28H31N3O4S. The summed E-state index contributed by atoms with van der Waals surface area (Å²) >= 11 is 0. The van der Waals surface area contributed by atoms with Crippen molar-refractivity contribution < 1.29 is 18.0 Å². The topological polar surface area (TPSA) is 95.6 Å². The largest absolute Gasteiger partial charge is 0.381 e. The zero-order chi connectivity index (χ0) is 26.3. The van der Waals surface area contributed by atoms with Crippen LogP contribution in [0.15, 0.2) is 66.7 Å². The molecule has 1 aliphatic heterocycles. The molecule has 8 heteroatoms. The predicted octanol–water partition coefficient (Wildman–Crippen LogP) is 5.76. The lowest BCUT2D eigenvalue weighted by molar-refractivity contribution is 0.0926. The van der Waals surface area contributed by atoms with E-state index in [0.717, 1.165) is 11.1 Å². The molecule has 3 aromatic rings. The number of nitrogens with one attached hydrogen (secondary N) is 2. The van der Waals surface area contributed by atoms with Crippen molar-refractivity contribution >= 4 is 38.9 Å². The monoisotopic (exact) mass is 505 g/mol. The van der Waals surface area contributed by atoms with Crippen LogP contribution in [-0.2, 0) is 16.6 Å². The highest BCUT2D eigenvalue weighted by Crippen LogP contribution is 2.31. The van der Waals surface area contributed by atoms with Gasteiger partial charge in [0.05, 0.1) is 21.6 Å². The molecule has 0 radical (unpaired) electrons. The third kappa shape index (κ3) is 4.99. The first-order valence-corrected chi connectivity index (χ1v) is 13.3. The molecule has 1 heterocycles. The number of imide groups is 1. The van der Waals surface area contributed by atoms with Crippen LogP contribution in [0.3, 0.4) is 0 Å². The summed E-state index contributed by atoms with van der Waals surface area (Å²) in [6.07, 6.45) is 0. The minimum Gasteiger partial charge on any atom is -0.381 e. The van der Waals surface area contributed by atoms with Crippen molar-refractivity contribution in [2.75, 3.05) is 14.9 Å². The number of benzene rings is 3. The Morgan fingerprint density at radius 2 is 1.39 bits per heavy atom. The molecule has 0 aromatic heterocycles. The average molecular weight is 506 g/mol. The van der Waals surface area contributed by atoms with Crippen LogP contribution in [0.25, 0.3) is 0 Å². The molecular weight excluding hydrogens is 474 g/mol. The Bertz CT molecular complexity index is 1400. The van der Waals surface area contributed by atoms with Crippen molar-refractivity contribution in [3.05, 3.63) is 89.0 Å². The van der Waals surface area contributed by atoms with Gasteiger partial charge in [0, 0.05) is 17.9 Å². The Kier molecular flexibility index (Phi) is 6.66. The van der Waals surface area contributed by atoms with Crippen LogP contribution < -0.4 is 14.9 Å². The van der Waals surface area contributed by atoms with Crippen LogP contribution in [0.4, 0.5) is 17.1 Å². The molecule has 2 amide bonds. The molecule has 4 rings (SSSR count). The Balaban J connectivity index is 1.44. The van der Waals surface area contributed by atoms with Crippen LogP contribution in [-0.4, -0.2) is 25.0 Å². The van der Waals surface area contributed by atoms with E-state index in [2.05, 4.69) is 23.9 Å². The van der Waals surface area contributed by atoms with E-state index in [0.29, 0.717) is 40.7 Å². The number of carbonyl (C=O) groups is 2. The van der Waals surface area contributed by atoms with Crippen molar-refractivity contribution in [2.45, 2.75) is 51.8 Å². The first kappa shape index (κ1) is 25.4. The molecule has 0 unspecified atom stereocenters. The normalized spacial score (nSPS) is 13.8. The highest BCUT2D eigenvalue weighted by molar-refractivity contribution is 7.94. The molecule has 0 bridgehead atoms. The third-order valence-electron chi connectivity index (χ3n) is 6.21. The average Bonchev–Trinajstić information content (AvgIpc) is 3.07. The molecule has 2 N–H and O–H groups in total. The number of amides is 2. The van der Waals surface area contributed by atoms with E-state index in [1.165, 1.54) is 4.90 Å². The van der Waals surface area contributed by atoms with Gasteiger partial charge in [-0.2, -0.15) is 0 Å². The van der Waals surface area contributed by atoms with Gasteiger partial charge in [-0.15, -0.1) is 0 Å². The minimum absolute atomic E-state index is 0.327. The molecule has 3 aromatic carbocycles. The second kappa shape index (κ2) is 9.43. The molecule has 0 saturated carbocycles. The van der Waals surface area contributed by atoms with E-state index in [1.54, 1.807) is 63.2 Å². The molecule has 0 spiro atoms. The Hall–Kier alpha value is -3.65. The fourth-order valence-corrected chi connectivity index (χ4v) is 4.55. The van der Waals surface area contributed by atoms with Crippen LogP contribution >= 0.6 is 0 Å². The third-order valence-corrected chi connectivity index (χ3v) is 8.33. The lowest BCUT2D eigenvalue weighted by Crippen LogP contribution is -2.33. The predicted molar refractivity (Wildman–Crippen MR) is 144 cm³/mol. The van der Waals surface area contributed by atoms with Crippen molar-refractivity contribution in [1.82, 2.24) is 0 Å². The maximum atomic E-state index is 13.1. The van der Waals surface area contributed by atoms with E-state index in [1.807, 2.05) is 24.3 Å². The van der Waals surface area contributed by atoms with E-state index in [-0.39, 0.29) is 11.8 Å². The number of fused-ring (bicyclic) bond motifs is 1.